The van der Waals surface area contributed by atoms with Gasteiger partial charge in [0.15, 0.2) is 9.84 Å². The second-order valence-electron chi connectivity index (χ2n) is 3.31. The van der Waals surface area contributed by atoms with Crippen LogP contribution in [0, 0.1) is 5.95 Å². The molecule has 0 aliphatic heterocycles. The number of nitrogens with one attached hydrogen (secondary N) is 1. The monoisotopic (exact) mass is 246 g/mol. The van der Waals surface area contributed by atoms with Gasteiger partial charge in [-0.3, -0.25) is 4.79 Å². The van der Waals surface area contributed by atoms with Crippen LogP contribution in [0.25, 0.3) is 0 Å². The number of aromatic nitrogens is 1. The molecule has 16 heavy (non-hydrogen) atoms. The van der Waals surface area contributed by atoms with E-state index in [-0.39, 0.29) is 5.82 Å². The Labute approximate surface area is 92.6 Å². The van der Waals surface area contributed by atoms with Crippen molar-refractivity contribution in [3.8, 4) is 0 Å². The number of hydrogen-bond acceptors (Lipinski definition) is 4. The highest BCUT2D eigenvalue weighted by Gasteiger charge is 2.23. The van der Waals surface area contributed by atoms with Crippen molar-refractivity contribution in [1.82, 2.24) is 4.98 Å². The van der Waals surface area contributed by atoms with Crippen LogP contribution in [-0.4, -0.2) is 30.8 Å². The summed E-state index contributed by atoms with van der Waals surface area (Å²) in [5, 5.41) is 1.02. The summed E-state index contributed by atoms with van der Waals surface area (Å²) >= 11 is 0. The van der Waals surface area contributed by atoms with Crippen LogP contribution < -0.4 is 5.32 Å². The molecule has 0 aromatic carbocycles. The fourth-order valence-corrected chi connectivity index (χ4v) is 1.35. The molecule has 1 aromatic heterocycles. The average molecular weight is 246 g/mol. The Morgan fingerprint density at radius 1 is 1.50 bits per heavy atom. The molecule has 0 aliphatic rings. The first kappa shape index (κ1) is 12.6. The van der Waals surface area contributed by atoms with E-state index < -0.39 is 26.9 Å². The predicted octanol–water partition coefficient (Wildman–Crippen LogP) is 0.592. The third-order valence-corrected chi connectivity index (χ3v) is 3.48. The highest BCUT2D eigenvalue weighted by Crippen LogP contribution is 2.06. The van der Waals surface area contributed by atoms with Crippen molar-refractivity contribution in [1.29, 1.82) is 0 Å². The first-order chi connectivity index (χ1) is 7.30. The van der Waals surface area contributed by atoms with Crippen LogP contribution in [0.4, 0.5) is 10.2 Å². The summed E-state index contributed by atoms with van der Waals surface area (Å²) in [7, 11) is -3.47. The fourth-order valence-electron chi connectivity index (χ4n) is 0.900. The molecule has 0 radical (unpaired) electrons. The lowest BCUT2D eigenvalue weighted by Gasteiger charge is -2.09. The second-order valence-corrected chi connectivity index (χ2v) is 5.67. The van der Waals surface area contributed by atoms with Gasteiger partial charge < -0.3 is 5.32 Å². The van der Waals surface area contributed by atoms with Crippen molar-refractivity contribution in [2.75, 3.05) is 11.6 Å². The zero-order valence-corrected chi connectivity index (χ0v) is 9.58. The second kappa shape index (κ2) is 4.56. The van der Waals surface area contributed by atoms with Gasteiger partial charge in [-0.25, -0.2) is 13.4 Å². The van der Waals surface area contributed by atoms with E-state index >= 15 is 0 Å². The standard InChI is InChI=1S/C9H11FN2O3S/c1-6(16(2,14)15)9(13)12-8-5-3-4-7(10)11-8/h3-6H,1-2H3,(H,11,12,13). The number of halogens is 1. The van der Waals surface area contributed by atoms with Crippen LogP contribution in [0.1, 0.15) is 6.92 Å². The minimum atomic E-state index is -3.47. The Morgan fingerprint density at radius 3 is 2.62 bits per heavy atom. The lowest BCUT2D eigenvalue weighted by molar-refractivity contribution is -0.115. The number of sulfone groups is 1. The van der Waals surface area contributed by atoms with Crippen LogP contribution in [0.3, 0.4) is 0 Å². The number of rotatable bonds is 3. The topological polar surface area (TPSA) is 76.1 Å². The molecule has 1 rings (SSSR count). The molecule has 88 valence electrons. The van der Waals surface area contributed by atoms with Gasteiger partial charge in [-0.1, -0.05) is 6.07 Å². The molecule has 1 unspecified atom stereocenters. The number of pyridine rings is 1. The SMILES string of the molecule is CC(C(=O)Nc1cccc(F)n1)S(C)(=O)=O. The normalized spacial score (nSPS) is 13.2. The Hall–Kier alpha value is -1.50. The van der Waals surface area contributed by atoms with E-state index in [9.17, 15) is 17.6 Å². The van der Waals surface area contributed by atoms with E-state index in [1.165, 1.54) is 19.1 Å². The van der Waals surface area contributed by atoms with Crippen molar-refractivity contribution in [2.45, 2.75) is 12.2 Å². The summed E-state index contributed by atoms with van der Waals surface area (Å²) in [4.78, 5) is 14.8. The average Bonchev–Trinajstić information content (AvgIpc) is 2.15. The zero-order chi connectivity index (χ0) is 12.3. The minimum Gasteiger partial charge on any atom is -0.309 e. The molecule has 0 spiro atoms. The van der Waals surface area contributed by atoms with Gasteiger partial charge in [0.25, 0.3) is 0 Å². The van der Waals surface area contributed by atoms with E-state index in [1.54, 1.807) is 0 Å². The first-order valence-corrected chi connectivity index (χ1v) is 6.38. The van der Waals surface area contributed by atoms with Gasteiger partial charge in [-0.15, -0.1) is 0 Å². The largest absolute Gasteiger partial charge is 0.309 e. The highest BCUT2D eigenvalue weighted by atomic mass is 32.2. The van der Waals surface area contributed by atoms with E-state index in [0.717, 1.165) is 12.3 Å². The number of carbonyl (C=O) groups is 1. The van der Waals surface area contributed by atoms with Crippen LogP contribution in [0.2, 0.25) is 0 Å². The maximum atomic E-state index is 12.7. The molecule has 0 bridgehead atoms. The molecule has 1 atom stereocenters. The molecule has 1 aromatic rings. The Morgan fingerprint density at radius 2 is 2.12 bits per heavy atom. The lowest BCUT2D eigenvalue weighted by atomic mass is 10.4. The number of nitrogens with zero attached hydrogens (tertiary/aromatic N) is 1. The first-order valence-electron chi connectivity index (χ1n) is 4.43. The van der Waals surface area contributed by atoms with Gasteiger partial charge >= 0.3 is 0 Å². The minimum absolute atomic E-state index is 0.0134. The molecular formula is C9H11FN2O3S. The molecule has 0 saturated carbocycles. The Bertz CT molecular complexity index is 501. The van der Waals surface area contributed by atoms with Gasteiger partial charge in [0.2, 0.25) is 11.9 Å². The molecule has 0 fully saturated rings. The summed E-state index contributed by atoms with van der Waals surface area (Å²) < 4.78 is 34.8. The van der Waals surface area contributed by atoms with Crippen LogP contribution >= 0.6 is 0 Å². The third-order valence-electron chi connectivity index (χ3n) is 1.98. The van der Waals surface area contributed by atoms with E-state index in [4.69, 9.17) is 0 Å². The molecular weight excluding hydrogens is 235 g/mol. The smallest absolute Gasteiger partial charge is 0.243 e. The summed E-state index contributed by atoms with van der Waals surface area (Å²) in [6, 6.07) is 3.86. The molecule has 1 heterocycles. The predicted molar refractivity (Wildman–Crippen MR) is 57.1 cm³/mol. The van der Waals surface area contributed by atoms with Crippen molar-refractivity contribution >= 4 is 21.6 Å². The lowest BCUT2D eigenvalue weighted by Crippen LogP contribution is -2.32. The van der Waals surface area contributed by atoms with Crippen molar-refractivity contribution < 1.29 is 17.6 Å². The van der Waals surface area contributed by atoms with Crippen molar-refractivity contribution in [3.05, 3.63) is 24.1 Å². The van der Waals surface area contributed by atoms with E-state index in [0.29, 0.717) is 0 Å². The van der Waals surface area contributed by atoms with Crippen LogP contribution in [0.5, 0.6) is 0 Å². The number of amides is 1. The number of hydrogen-bond donors (Lipinski definition) is 1. The summed E-state index contributed by atoms with van der Waals surface area (Å²) in [5.74, 6) is -1.49. The van der Waals surface area contributed by atoms with Crippen LogP contribution in [-0.2, 0) is 14.6 Å². The third kappa shape index (κ3) is 3.27. The summed E-state index contributed by atoms with van der Waals surface area (Å²) in [5.41, 5.74) is 0. The zero-order valence-electron chi connectivity index (χ0n) is 8.77. The molecule has 1 amide bonds. The number of carbonyl (C=O) groups excluding carboxylic acids is 1. The van der Waals surface area contributed by atoms with Gasteiger partial charge in [0, 0.05) is 6.26 Å². The molecule has 0 saturated heterocycles. The van der Waals surface area contributed by atoms with Gasteiger partial charge in [-0.05, 0) is 19.1 Å². The Balaban J connectivity index is 2.80. The van der Waals surface area contributed by atoms with Gasteiger partial charge in [0.05, 0.1) is 0 Å². The van der Waals surface area contributed by atoms with Gasteiger partial charge in [-0.2, -0.15) is 4.39 Å². The van der Waals surface area contributed by atoms with Crippen LogP contribution in [0.15, 0.2) is 18.2 Å². The Kier molecular flexibility index (Phi) is 3.58. The molecule has 1 N–H and O–H groups in total. The van der Waals surface area contributed by atoms with E-state index in [1.807, 2.05) is 0 Å². The number of anilines is 1. The van der Waals surface area contributed by atoms with Crippen molar-refractivity contribution in [3.63, 3.8) is 0 Å². The molecule has 5 nitrogen and oxygen atoms in total. The summed E-state index contributed by atoms with van der Waals surface area (Å²) in [6.45, 7) is 1.25. The highest BCUT2D eigenvalue weighted by molar-refractivity contribution is 7.92. The van der Waals surface area contributed by atoms with Crippen molar-refractivity contribution in [2.24, 2.45) is 0 Å². The molecule has 0 aliphatic carbocycles. The van der Waals surface area contributed by atoms with Gasteiger partial charge in [0.1, 0.15) is 11.1 Å². The maximum Gasteiger partial charge on any atom is 0.243 e. The maximum absolute atomic E-state index is 12.7. The molecule has 7 heteroatoms. The quantitative estimate of drug-likeness (QED) is 0.792. The fraction of sp³-hybridized carbons (Fsp3) is 0.333. The van der Waals surface area contributed by atoms with E-state index in [2.05, 4.69) is 10.3 Å². The summed E-state index contributed by atoms with van der Waals surface area (Å²) in [6.07, 6.45) is 0.955.